The molecule has 4 unspecified atom stereocenters. The van der Waals surface area contributed by atoms with Crippen molar-refractivity contribution >= 4 is 11.7 Å². The molecule has 0 aromatic carbocycles. The molecule has 4 heteroatoms. The van der Waals surface area contributed by atoms with E-state index in [4.69, 9.17) is 0 Å². The Morgan fingerprint density at radius 1 is 1.09 bits per heavy atom. The third-order valence-corrected chi connectivity index (χ3v) is 9.38. The molecule has 3 aliphatic carbocycles. The first kappa shape index (κ1) is 21.5. The van der Waals surface area contributed by atoms with Gasteiger partial charge in [0.05, 0.1) is 6.04 Å². The molecule has 5 rings (SSSR count). The number of Topliss-reactive ketones (excluding diaryl/α,β-unsaturated/α-hetero) is 1. The maximum absolute atomic E-state index is 12.8. The summed E-state index contributed by atoms with van der Waals surface area (Å²) in [5, 5.41) is 10.9. The second-order valence-electron chi connectivity index (χ2n) is 11.3. The van der Waals surface area contributed by atoms with E-state index in [0.29, 0.717) is 30.7 Å². The Morgan fingerprint density at radius 2 is 1.78 bits per heavy atom. The average Bonchev–Trinajstić information content (AvgIpc) is 3.35. The Hall–Kier alpha value is -2.36. The highest BCUT2D eigenvalue weighted by molar-refractivity contribution is 6.27. The molecule has 32 heavy (non-hydrogen) atoms. The quantitative estimate of drug-likeness (QED) is 0.278. The summed E-state index contributed by atoms with van der Waals surface area (Å²) in [5.41, 5.74) is 4.10. The van der Waals surface area contributed by atoms with Gasteiger partial charge in [0.2, 0.25) is 0 Å². The smallest absolute Gasteiger partial charge is 0.261 e. The maximum atomic E-state index is 12.8. The Labute approximate surface area is 191 Å². The van der Waals surface area contributed by atoms with Crippen LogP contribution in [0.15, 0.2) is 58.4 Å². The summed E-state index contributed by atoms with van der Waals surface area (Å²) < 4.78 is 0. The van der Waals surface area contributed by atoms with Crippen molar-refractivity contribution in [1.29, 1.82) is 0 Å². The van der Waals surface area contributed by atoms with Crippen LogP contribution in [0.3, 0.4) is 0 Å². The molecular formula is C28H35NO3. The highest BCUT2D eigenvalue weighted by Gasteiger charge is 2.56. The van der Waals surface area contributed by atoms with E-state index in [9.17, 15) is 14.7 Å². The Balaban J connectivity index is 1.59. The molecular weight excluding hydrogens is 398 g/mol. The number of rotatable bonds is 2. The standard InChI is InChI=1S/C28H35NO3/c1-15-12-27(5)13-17(3)24-22(16(2)14-28(24,6)18(15)4)19(27)9-10-21(30)23-25(31)20-8-7-11-29(20)26(23)32/h9-10,12-14,18-20,22,24,30H,7-8,11H2,1-6H3/b10-9+,15-12-,23-21-/t18-,19?,20-,22?,24?,27?,28-/m0/s1. The van der Waals surface area contributed by atoms with Gasteiger partial charge < -0.3 is 10.0 Å². The fraction of sp³-hybridized carbons (Fsp3) is 0.571. The van der Waals surface area contributed by atoms with Crippen LogP contribution >= 0.6 is 0 Å². The van der Waals surface area contributed by atoms with Gasteiger partial charge in [-0.05, 0) is 68.8 Å². The fourth-order valence-electron chi connectivity index (χ4n) is 7.83. The fourth-order valence-corrected chi connectivity index (χ4v) is 7.83. The second kappa shape index (κ2) is 6.82. The predicted octanol–water partition coefficient (Wildman–Crippen LogP) is 5.31. The number of hydrogen-bond donors (Lipinski definition) is 1. The average molecular weight is 434 g/mol. The van der Waals surface area contributed by atoms with E-state index in [2.05, 4.69) is 65.8 Å². The summed E-state index contributed by atoms with van der Waals surface area (Å²) in [6.07, 6.45) is 12.6. The molecule has 1 amide bonds. The normalized spacial score (nSPS) is 46.1. The van der Waals surface area contributed by atoms with Crippen LogP contribution in [-0.4, -0.2) is 34.3 Å². The van der Waals surface area contributed by atoms with Crippen molar-refractivity contribution in [2.75, 3.05) is 6.54 Å². The molecule has 0 radical (unpaired) electrons. The lowest BCUT2D eigenvalue weighted by molar-refractivity contribution is -0.125. The number of aliphatic hydroxyl groups is 1. The predicted molar refractivity (Wildman–Crippen MR) is 126 cm³/mol. The van der Waals surface area contributed by atoms with E-state index in [0.717, 1.165) is 6.42 Å². The Morgan fingerprint density at radius 3 is 2.47 bits per heavy atom. The molecule has 2 saturated heterocycles. The largest absolute Gasteiger partial charge is 0.507 e. The number of nitrogens with zero attached hydrogens (tertiary/aromatic N) is 1. The minimum Gasteiger partial charge on any atom is -0.507 e. The van der Waals surface area contributed by atoms with Crippen molar-refractivity contribution in [3.63, 3.8) is 0 Å². The third kappa shape index (κ3) is 2.67. The van der Waals surface area contributed by atoms with Crippen LogP contribution in [-0.2, 0) is 9.59 Å². The minimum absolute atomic E-state index is 0.0253. The monoisotopic (exact) mass is 433 g/mol. The molecule has 2 fully saturated rings. The zero-order valence-electron chi connectivity index (χ0n) is 20.1. The molecule has 0 aromatic rings. The zero-order valence-corrected chi connectivity index (χ0v) is 20.1. The van der Waals surface area contributed by atoms with Crippen molar-refractivity contribution in [2.45, 2.75) is 60.4 Å². The van der Waals surface area contributed by atoms with Crippen LogP contribution in [0.2, 0.25) is 0 Å². The summed E-state index contributed by atoms with van der Waals surface area (Å²) in [6.45, 7) is 14.4. The lowest BCUT2D eigenvalue weighted by Crippen LogP contribution is -2.45. The lowest BCUT2D eigenvalue weighted by atomic mass is 9.51. The number of hydrogen-bond acceptors (Lipinski definition) is 3. The van der Waals surface area contributed by atoms with E-state index in [-0.39, 0.29) is 45.8 Å². The van der Waals surface area contributed by atoms with Gasteiger partial charge in [0, 0.05) is 12.0 Å². The van der Waals surface area contributed by atoms with Gasteiger partial charge in [0.25, 0.3) is 5.91 Å². The Bertz CT molecular complexity index is 1050. The van der Waals surface area contributed by atoms with Crippen molar-refractivity contribution in [3.8, 4) is 0 Å². The van der Waals surface area contributed by atoms with Gasteiger partial charge in [-0.15, -0.1) is 0 Å². The molecule has 7 atom stereocenters. The first-order valence-corrected chi connectivity index (χ1v) is 12.0. The van der Waals surface area contributed by atoms with E-state index in [1.165, 1.54) is 16.7 Å². The molecule has 5 aliphatic rings. The number of aliphatic hydroxyl groups excluding tert-OH is 1. The number of carbonyl (C=O) groups is 2. The van der Waals surface area contributed by atoms with E-state index in [1.807, 2.05) is 0 Å². The van der Waals surface area contributed by atoms with Crippen LogP contribution < -0.4 is 0 Å². The van der Waals surface area contributed by atoms with Crippen LogP contribution in [0.5, 0.6) is 0 Å². The molecule has 4 nitrogen and oxygen atoms in total. The highest BCUT2D eigenvalue weighted by atomic mass is 16.3. The van der Waals surface area contributed by atoms with Gasteiger partial charge in [-0.1, -0.05) is 61.8 Å². The summed E-state index contributed by atoms with van der Waals surface area (Å²) in [6, 6.07) is -0.374. The third-order valence-electron chi connectivity index (χ3n) is 9.38. The van der Waals surface area contributed by atoms with Crippen molar-refractivity contribution < 1.29 is 14.7 Å². The summed E-state index contributed by atoms with van der Waals surface area (Å²) >= 11 is 0. The molecule has 1 N–H and O–H groups in total. The Kier molecular flexibility index (Phi) is 4.58. The van der Waals surface area contributed by atoms with Gasteiger partial charge in [0.1, 0.15) is 11.3 Å². The first-order valence-electron chi connectivity index (χ1n) is 12.0. The minimum atomic E-state index is -0.374. The van der Waals surface area contributed by atoms with Crippen LogP contribution in [0, 0.1) is 34.5 Å². The maximum Gasteiger partial charge on any atom is 0.261 e. The molecule has 0 aromatic heterocycles. The number of carbonyl (C=O) groups excluding carboxylic acids is 2. The summed E-state index contributed by atoms with van der Waals surface area (Å²) in [5.74, 6) is 0.657. The number of fused-ring (bicyclic) bond motifs is 2. The van der Waals surface area contributed by atoms with Crippen LogP contribution in [0.1, 0.15) is 54.4 Å². The molecule has 0 spiro atoms. The van der Waals surface area contributed by atoms with E-state index < -0.39 is 0 Å². The van der Waals surface area contributed by atoms with E-state index >= 15 is 0 Å². The first-order chi connectivity index (χ1) is 15.0. The van der Waals surface area contributed by atoms with Crippen molar-refractivity contribution in [3.05, 3.63) is 58.4 Å². The van der Waals surface area contributed by atoms with Crippen LogP contribution in [0.25, 0.3) is 0 Å². The zero-order chi connectivity index (χ0) is 23.2. The number of ketones is 1. The van der Waals surface area contributed by atoms with Gasteiger partial charge in [-0.25, -0.2) is 0 Å². The number of amides is 1. The highest BCUT2D eigenvalue weighted by Crippen LogP contribution is 2.64. The van der Waals surface area contributed by atoms with Gasteiger partial charge in [0.15, 0.2) is 5.78 Å². The molecule has 2 bridgehead atoms. The van der Waals surface area contributed by atoms with Crippen LogP contribution in [0.4, 0.5) is 0 Å². The molecule has 2 aliphatic heterocycles. The molecule has 2 heterocycles. The second-order valence-corrected chi connectivity index (χ2v) is 11.3. The molecule has 170 valence electrons. The van der Waals surface area contributed by atoms with Gasteiger partial charge in [-0.3, -0.25) is 9.59 Å². The van der Waals surface area contributed by atoms with Crippen molar-refractivity contribution in [2.24, 2.45) is 34.5 Å². The summed E-state index contributed by atoms with van der Waals surface area (Å²) in [4.78, 5) is 27.2. The van der Waals surface area contributed by atoms with Gasteiger partial charge >= 0.3 is 0 Å². The SMILES string of the molecule is CC1=C[C@]2(C)C3C(C)=CC(C)(/C=C(/C)[C@@H]2C)C(/C=C/C(O)=C2\C(=O)[C@@H]4CCCN4C2=O)C13. The summed E-state index contributed by atoms with van der Waals surface area (Å²) in [7, 11) is 0. The number of allylic oxidation sites excluding steroid dienone is 8. The van der Waals surface area contributed by atoms with Crippen molar-refractivity contribution in [1.82, 2.24) is 4.90 Å². The topological polar surface area (TPSA) is 57.6 Å². The lowest BCUT2D eigenvalue weighted by Gasteiger charge is -2.52. The molecule has 0 saturated carbocycles. The van der Waals surface area contributed by atoms with Gasteiger partial charge in [-0.2, -0.15) is 0 Å². The van der Waals surface area contributed by atoms with E-state index in [1.54, 1.807) is 11.0 Å².